The molecule has 2 bridgehead atoms. The predicted octanol–water partition coefficient (Wildman–Crippen LogP) is 3.67. The first-order valence-corrected chi connectivity index (χ1v) is 11.4. The van der Waals surface area contributed by atoms with Gasteiger partial charge in [-0.2, -0.15) is 0 Å². The van der Waals surface area contributed by atoms with Gasteiger partial charge in [0.25, 0.3) is 0 Å². The summed E-state index contributed by atoms with van der Waals surface area (Å²) in [6.45, 7) is 6.90. The SMILES string of the molecule is O=C(NC1CCN2CCC1CC2)N1CCN(c2ccc(-c3ccccc3)cc2)CC1. The normalized spacial score (nSPS) is 26.3. The van der Waals surface area contributed by atoms with Gasteiger partial charge in [0.15, 0.2) is 0 Å². The fourth-order valence-corrected chi connectivity index (χ4v) is 5.24. The van der Waals surface area contributed by atoms with Crippen molar-refractivity contribution in [3.8, 4) is 11.1 Å². The van der Waals surface area contributed by atoms with E-state index in [0.717, 1.165) is 39.1 Å². The van der Waals surface area contributed by atoms with Gasteiger partial charge in [0.1, 0.15) is 0 Å². The molecule has 5 nitrogen and oxygen atoms in total. The van der Waals surface area contributed by atoms with Gasteiger partial charge < -0.3 is 20.0 Å². The van der Waals surface area contributed by atoms with Crippen LogP contribution in [0.4, 0.5) is 10.5 Å². The maximum atomic E-state index is 12.9. The standard InChI is InChI=1S/C25H32N4O/c30-25(26-24-12-15-27-13-10-22(24)11-14-27)29-18-16-28(17-19-29)23-8-6-21(7-9-23)20-4-2-1-3-5-20/h1-9,22,24H,10-19H2,(H,26,30). The minimum absolute atomic E-state index is 0.138. The molecule has 0 spiro atoms. The summed E-state index contributed by atoms with van der Waals surface area (Å²) in [4.78, 5) is 19.8. The number of piperidine rings is 1. The number of hydrogen-bond donors (Lipinski definition) is 1. The molecule has 2 amide bonds. The van der Waals surface area contributed by atoms with E-state index in [1.165, 1.54) is 42.7 Å². The van der Waals surface area contributed by atoms with E-state index in [1.807, 2.05) is 11.0 Å². The highest BCUT2D eigenvalue weighted by Crippen LogP contribution is 2.27. The second kappa shape index (κ2) is 8.68. The molecule has 0 aromatic heterocycles. The van der Waals surface area contributed by atoms with Gasteiger partial charge >= 0.3 is 6.03 Å². The molecule has 4 saturated heterocycles. The third kappa shape index (κ3) is 4.17. The van der Waals surface area contributed by atoms with Crippen molar-refractivity contribution in [1.82, 2.24) is 15.1 Å². The highest BCUT2D eigenvalue weighted by atomic mass is 16.2. The molecule has 2 aromatic rings. The monoisotopic (exact) mass is 404 g/mol. The van der Waals surface area contributed by atoms with Crippen molar-refractivity contribution < 1.29 is 4.79 Å². The number of carbonyl (C=O) groups excluding carboxylic acids is 1. The van der Waals surface area contributed by atoms with Gasteiger partial charge in [-0.3, -0.25) is 0 Å². The van der Waals surface area contributed by atoms with Gasteiger partial charge in [-0.1, -0.05) is 42.5 Å². The van der Waals surface area contributed by atoms with E-state index in [2.05, 4.69) is 63.6 Å². The van der Waals surface area contributed by atoms with Crippen LogP contribution >= 0.6 is 0 Å². The Morgan fingerprint density at radius 3 is 2.07 bits per heavy atom. The maximum absolute atomic E-state index is 12.9. The molecule has 5 heteroatoms. The number of piperazine rings is 1. The zero-order valence-electron chi connectivity index (χ0n) is 17.7. The Bertz CT molecular complexity index is 837. The average Bonchev–Trinajstić information content (AvgIpc) is 3.13. The number of anilines is 1. The van der Waals surface area contributed by atoms with Crippen molar-refractivity contribution >= 4 is 11.7 Å². The van der Waals surface area contributed by atoms with E-state index in [4.69, 9.17) is 0 Å². The topological polar surface area (TPSA) is 38.8 Å². The van der Waals surface area contributed by atoms with Gasteiger partial charge in [-0.15, -0.1) is 0 Å². The molecule has 4 aliphatic rings. The molecule has 0 aliphatic carbocycles. The van der Waals surface area contributed by atoms with Crippen molar-refractivity contribution in [3.63, 3.8) is 0 Å². The van der Waals surface area contributed by atoms with E-state index in [9.17, 15) is 4.79 Å². The van der Waals surface area contributed by atoms with Crippen LogP contribution in [0.5, 0.6) is 0 Å². The number of fused-ring (bicyclic) bond motifs is 4. The van der Waals surface area contributed by atoms with Gasteiger partial charge in [-0.25, -0.2) is 4.79 Å². The van der Waals surface area contributed by atoms with Crippen molar-refractivity contribution in [2.24, 2.45) is 5.92 Å². The summed E-state index contributed by atoms with van der Waals surface area (Å²) in [6, 6.07) is 19.8. The summed E-state index contributed by atoms with van der Waals surface area (Å²) in [6.07, 6.45) is 3.57. The summed E-state index contributed by atoms with van der Waals surface area (Å²) in [5.74, 6) is 0.664. The Kier molecular flexibility index (Phi) is 5.63. The molecule has 158 valence electrons. The number of nitrogens with zero attached hydrogens (tertiary/aromatic N) is 3. The summed E-state index contributed by atoms with van der Waals surface area (Å²) in [5, 5.41) is 3.38. The maximum Gasteiger partial charge on any atom is 0.317 e. The number of nitrogens with one attached hydrogen (secondary N) is 1. The predicted molar refractivity (Wildman–Crippen MR) is 122 cm³/mol. The second-order valence-electron chi connectivity index (χ2n) is 8.91. The third-order valence-electron chi connectivity index (χ3n) is 7.17. The summed E-state index contributed by atoms with van der Waals surface area (Å²) in [7, 11) is 0. The van der Waals surface area contributed by atoms with Crippen LogP contribution in [-0.4, -0.2) is 67.7 Å². The van der Waals surface area contributed by atoms with Crippen LogP contribution in [0.15, 0.2) is 54.6 Å². The van der Waals surface area contributed by atoms with Crippen LogP contribution < -0.4 is 10.2 Å². The lowest BCUT2D eigenvalue weighted by Crippen LogP contribution is -2.54. The fraction of sp³-hybridized carbons (Fsp3) is 0.480. The second-order valence-corrected chi connectivity index (χ2v) is 8.91. The van der Waals surface area contributed by atoms with Crippen LogP contribution in [0.25, 0.3) is 11.1 Å². The van der Waals surface area contributed by atoms with Crippen LogP contribution in [0, 0.1) is 5.92 Å². The van der Waals surface area contributed by atoms with Gasteiger partial charge in [-0.05, 0) is 61.5 Å². The minimum atomic E-state index is 0.138. The lowest BCUT2D eigenvalue weighted by Gasteiger charge is -2.37. The van der Waals surface area contributed by atoms with Crippen LogP contribution in [0.3, 0.4) is 0 Å². The highest BCUT2D eigenvalue weighted by molar-refractivity contribution is 5.75. The van der Waals surface area contributed by atoms with Crippen molar-refractivity contribution in [2.45, 2.75) is 25.3 Å². The van der Waals surface area contributed by atoms with Crippen LogP contribution in [-0.2, 0) is 0 Å². The van der Waals surface area contributed by atoms with Crippen molar-refractivity contribution in [3.05, 3.63) is 54.6 Å². The number of benzene rings is 2. The molecule has 1 N–H and O–H groups in total. The van der Waals surface area contributed by atoms with Crippen molar-refractivity contribution in [1.29, 1.82) is 0 Å². The number of rotatable bonds is 3. The molecule has 0 radical (unpaired) electrons. The molecule has 4 fully saturated rings. The molecule has 1 unspecified atom stereocenters. The highest BCUT2D eigenvalue weighted by Gasteiger charge is 2.33. The Labute approximate surface area is 179 Å². The van der Waals surface area contributed by atoms with Crippen molar-refractivity contribution in [2.75, 3.05) is 50.7 Å². The zero-order valence-corrected chi connectivity index (χ0v) is 17.7. The van der Waals surface area contributed by atoms with Crippen LogP contribution in [0.2, 0.25) is 0 Å². The minimum Gasteiger partial charge on any atom is -0.368 e. The molecule has 4 heterocycles. The van der Waals surface area contributed by atoms with E-state index >= 15 is 0 Å². The van der Waals surface area contributed by atoms with E-state index in [1.54, 1.807) is 0 Å². The summed E-state index contributed by atoms with van der Waals surface area (Å²) >= 11 is 0. The molecular weight excluding hydrogens is 372 g/mol. The molecule has 6 rings (SSSR count). The van der Waals surface area contributed by atoms with Gasteiger partial charge in [0, 0.05) is 44.5 Å². The largest absolute Gasteiger partial charge is 0.368 e. The smallest absolute Gasteiger partial charge is 0.317 e. The molecule has 4 aliphatic heterocycles. The number of hydrogen-bond acceptors (Lipinski definition) is 3. The lowest BCUT2D eigenvalue weighted by molar-refractivity contribution is 0.180. The van der Waals surface area contributed by atoms with Gasteiger partial charge in [0.2, 0.25) is 0 Å². The molecule has 30 heavy (non-hydrogen) atoms. The van der Waals surface area contributed by atoms with E-state index < -0.39 is 0 Å². The molecule has 1 atom stereocenters. The molecule has 0 saturated carbocycles. The first-order chi connectivity index (χ1) is 14.8. The lowest BCUT2D eigenvalue weighted by atomic mass is 9.91. The zero-order chi connectivity index (χ0) is 20.3. The van der Waals surface area contributed by atoms with E-state index in [-0.39, 0.29) is 6.03 Å². The Morgan fingerprint density at radius 1 is 0.733 bits per heavy atom. The van der Waals surface area contributed by atoms with E-state index in [0.29, 0.717) is 12.0 Å². The fourth-order valence-electron chi connectivity index (χ4n) is 5.24. The van der Waals surface area contributed by atoms with Gasteiger partial charge in [0.05, 0.1) is 0 Å². The number of amides is 2. The first-order valence-electron chi connectivity index (χ1n) is 11.4. The summed E-state index contributed by atoms with van der Waals surface area (Å²) in [5.41, 5.74) is 3.73. The quantitative estimate of drug-likeness (QED) is 0.848. The number of urea groups is 1. The Balaban J connectivity index is 1.15. The average molecular weight is 405 g/mol. The third-order valence-corrected chi connectivity index (χ3v) is 7.17. The summed E-state index contributed by atoms with van der Waals surface area (Å²) < 4.78 is 0. The Morgan fingerprint density at radius 2 is 1.37 bits per heavy atom. The Hall–Kier alpha value is -2.53. The molecular formula is C25H32N4O. The van der Waals surface area contributed by atoms with Crippen LogP contribution in [0.1, 0.15) is 19.3 Å². The first kappa shape index (κ1) is 19.4. The molecule has 2 aromatic carbocycles. The number of carbonyl (C=O) groups is 1.